The van der Waals surface area contributed by atoms with Gasteiger partial charge in [-0.2, -0.15) is 0 Å². The zero-order valence-corrected chi connectivity index (χ0v) is 10.5. The summed E-state index contributed by atoms with van der Waals surface area (Å²) >= 11 is 0. The van der Waals surface area contributed by atoms with Crippen molar-refractivity contribution in [1.82, 2.24) is 4.98 Å². The van der Waals surface area contributed by atoms with E-state index in [1.807, 2.05) is 13.8 Å². The second-order valence-electron chi connectivity index (χ2n) is 4.59. The van der Waals surface area contributed by atoms with Gasteiger partial charge in [-0.1, -0.05) is 26.0 Å². The fourth-order valence-corrected chi connectivity index (χ4v) is 2.20. The van der Waals surface area contributed by atoms with Crippen molar-refractivity contribution in [2.45, 2.75) is 26.7 Å². The van der Waals surface area contributed by atoms with Crippen molar-refractivity contribution in [2.75, 3.05) is 0 Å². The summed E-state index contributed by atoms with van der Waals surface area (Å²) in [7, 11) is 0. The highest BCUT2D eigenvalue weighted by molar-refractivity contribution is 6.04. The third-order valence-corrected chi connectivity index (χ3v) is 3.01. The minimum atomic E-state index is -1.05. The third-order valence-electron chi connectivity index (χ3n) is 3.01. The average molecular weight is 247 g/mol. The van der Waals surface area contributed by atoms with Crippen LogP contribution in [0.2, 0.25) is 0 Å². The summed E-state index contributed by atoms with van der Waals surface area (Å²) in [5.41, 5.74) is 1.51. The SMILES string of the molecule is Cc1c(C(C)C)nc2c(F)cccc2c1C(=O)O. The number of aromatic carboxylic acids is 1. The summed E-state index contributed by atoms with van der Waals surface area (Å²) in [6.45, 7) is 5.54. The lowest BCUT2D eigenvalue weighted by Crippen LogP contribution is -2.08. The van der Waals surface area contributed by atoms with Crippen molar-refractivity contribution in [3.63, 3.8) is 0 Å². The van der Waals surface area contributed by atoms with Crippen LogP contribution in [0.25, 0.3) is 10.9 Å². The van der Waals surface area contributed by atoms with Crippen LogP contribution < -0.4 is 0 Å². The fourth-order valence-electron chi connectivity index (χ4n) is 2.20. The summed E-state index contributed by atoms with van der Waals surface area (Å²) in [4.78, 5) is 15.7. The van der Waals surface area contributed by atoms with Crippen molar-refractivity contribution in [1.29, 1.82) is 0 Å². The molecule has 0 atom stereocenters. The molecule has 0 saturated carbocycles. The van der Waals surface area contributed by atoms with Gasteiger partial charge in [0.05, 0.1) is 5.56 Å². The molecule has 0 saturated heterocycles. The number of hydrogen-bond acceptors (Lipinski definition) is 2. The average Bonchev–Trinajstić information content (AvgIpc) is 2.27. The summed E-state index contributed by atoms with van der Waals surface area (Å²) in [6, 6.07) is 4.38. The Morgan fingerprint density at radius 3 is 2.61 bits per heavy atom. The van der Waals surface area contributed by atoms with Crippen LogP contribution in [0.4, 0.5) is 4.39 Å². The van der Waals surface area contributed by atoms with Gasteiger partial charge in [0.15, 0.2) is 0 Å². The van der Waals surface area contributed by atoms with E-state index in [0.717, 1.165) is 0 Å². The molecule has 0 aliphatic rings. The second kappa shape index (κ2) is 4.37. The molecule has 1 aromatic carbocycles. The molecule has 0 aliphatic heterocycles. The highest BCUT2D eigenvalue weighted by atomic mass is 19.1. The van der Waals surface area contributed by atoms with E-state index in [1.165, 1.54) is 12.1 Å². The predicted molar refractivity (Wildman–Crippen MR) is 67.5 cm³/mol. The first-order valence-electron chi connectivity index (χ1n) is 5.75. The lowest BCUT2D eigenvalue weighted by atomic mass is 9.96. The van der Waals surface area contributed by atoms with Gasteiger partial charge in [-0.25, -0.2) is 14.2 Å². The monoisotopic (exact) mass is 247 g/mol. The highest BCUT2D eigenvalue weighted by Crippen LogP contribution is 2.28. The number of carbonyl (C=O) groups is 1. The molecule has 0 aliphatic carbocycles. The van der Waals surface area contributed by atoms with E-state index >= 15 is 0 Å². The van der Waals surface area contributed by atoms with Gasteiger partial charge in [-0.3, -0.25) is 0 Å². The van der Waals surface area contributed by atoms with Gasteiger partial charge in [0.2, 0.25) is 0 Å². The largest absolute Gasteiger partial charge is 0.478 e. The molecule has 1 aromatic heterocycles. The van der Waals surface area contributed by atoms with Crippen LogP contribution >= 0.6 is 0 Å². The van der Waals surface area contributed by atoms with Crippen LogP contribution in [0, 0.1) is 12.7 Å². The number of carboxylic acids is 1. The van der Waals surface area contributed by atoms with Gasteiger partial charge in [-0.15, -0.1) is 0 Å². The maximum atomic E-state index is 13.7. The van der Waals surface area contributed by atoms with Crippen molar-refractivity contribution in [3.8, 4) is 0 Å². The van der Waals surface area contributed by atoms with E-state index in [0.29, 0.717) is 16.6 Å². The number of carboxylic acid groups (broad SMARTS) is 1. The van der Waals surface area contributed by atoms with Crippen LogP contribution in [-0.4, -0.2) is 16.1 Å². The van der Waals surface area contributed by atoms with E-state index in [1.54, 1.807) is 13.0 Å². The van der Waals surface area contributed by atoms with E-state index in [2.05, 4.69) is 4.98 Å². The Morgan fingerprint density at radius 2 is 2.06 bits per heavy atom. The van der Waals surface area contributed by atoms with Gasteiger partial charge in [0, 0.05) is 11.1 Å². The Morgan fingerprint density at radius 1 is 1.39 bits per heavy atom. The topological polar surface area (TPSA) is 50.2 Å². The highest BCUT2D eigenvalue weighted by Gasteiger charge is 2.20. The van der Waals surface area contributed by atoms with E-state index in [4.69, 9.17) is 0 Å². The zero-order chi connectivity index (χ0) is 13.4. The number of hydrogen-bond donors (Lipinski definition) is 1. The Labute approximate surface area is 104 Å². The van der Waals surface area contributed by atoms with Crippen LogP contribution in [0.3, 0.4) is 0 Å². The maximum Gasteiger partial charge on any atom is 0.336 e. The molecular formula is C14H14FNO2. The number of fused-ring (bicyclic) bond motifs is 1. The van der Waals surface area contributed by atoms with Crippen molar-refractivity contribution in [3.05, 3.63) is 40.8 Å². The van der Waals surface area contributed by atoms with Gasteiger partial charge >= 0.3 is 5.97 Å². The molecular weight excluding hydrogens is 233 g/mol. The molecule has 0 amide bonds. The smallest absolute Gasteiger partial charge is 0.336 e. The first-order chi connectivity index (χ1) is 8.43. The van der Waals surface area contributed by atoms with Crippen molar-refractivity contribution in [2.24, 2.45) is 0 Å². The summed E-state index contributed by atoms with van der Waals surface area (Å²) in [5, 5.41) is 9.66. The van der Waals surface area contributed by atoms with Crippen LogP contribution in [0.15, 0.2) is 18.2 Å². The zero-order valence-electron chi connectivity index (χ0n) is 10.5. The molecule has 1 N–H and O–H groups in total. The normalized spacial score (nSPS) is 11.2. The summed E-state index contributed by atoms with van der Waals surface area (Å²) < 4.78 is 13.7. The molecule has 0 unspecified atom stereocenters. The number of nitrogens with zero attached hydrogens (tertiary/aromatic N) is 1. The van der Waals surface area contributed by atoms with E-state index in [-0.39, 0.29) is 17.0 Å². The lowest BCUT2D eigenvalue weighted by Gasteiger charge is -2.14. The third kappa shape index (κ3) is 1.83. The van der Waals surface area contributed by atoms with Crippen molar-refractivity contribution >= 4 is 16.9 Å². The minimum absolute atomic E-state index is 0.0482. The number of halogens is 1. The molecule has 0 radical (unpaired) electrons. The van der Waals surface area contributed by atoms with Crippen LogP contribution in [-0.2, 0) is 0 Å². The molecule has 4 heteroatoms. The number of benzene rings is 1. The van der Waals surface area contributed by atoms with Gasteiger partial charge in [-0.05, 0) is 24.5 Å². The quantitative estimate of drug-likeness (QED) is 0.883. The molecule has 3 nitrogen and oxygen atoms in total. The number of para-hydroxylation sites is 1. The first-order valence-corrected chi connectivity index (χ1v) is 5.75. The Kier molecular flexibility index (Phi) is 3.03. The van der Waals surface area contributed by atoms with Gasteiger partial charge < -0.3 is 5.11 Å². The summed E-state index contributed by atoms with van der Waals surface area (Å²) in [6.07, 6.45) is 0. The lowest BCUT2D eigenvalue weighted by molar-refractivity contribution is 0.0698. The fraction of sp³-hybridized carbons (Fsp3) is 0.286. The standard InChI is InChI=1S/C14H14FNO2/c1-7(2)12-8(3)11(14(17)18)9-5-4-6-10(15)13(9)16-12/h4-7H,1-3H3,(H,17,18). The molecule has 2 rings (SSSR count). The van der Waals surface area contributed by atoms with Gasteiger partial charge in [0.25, 0.3) is 0 Å². The number of rotatable bonds is 2. The van der Waals surface area contributed by atoms with Crippen LogP contribution in [0.1, 0.15) is 41.4 Å². The minimum Gasteiger partial charge on any atom is -0.478 e. The predicted octanol–water partition coefficient (Wildman–Crippen LogP) is 3.50. The van der Waals surface area contributed by atoms with Crippen LogP contribution in [0.5, 0.6) is 0 Å². The van der Waals surface area contributed by atoms with Gasteiger partial charge in [0.1, 0.15) is 11.3 Å². The molecule has 0 spiro atoms. The maximum absolute atomic E-state index is 13.7. The molecule has 0 fully saturated rings. The Balaban J connectivity index is 2.97. The molecule has 0 bridgehead atoms. The Hall–Kier alpha value is -1.97. The molecule has 2 aromatic rings. The number of aromatic nitrogens is 1. The number of pyridine rings is 1. The molecule has 18 heavy (non-hydrogen) atoms. The first kappa shape index (κ1) is 12.5. The van der Waals surface area contributed by atoms with E-state index < -0.39 is 11.8 Å². The molecule has 94 valence electrons. The second-order valence-corrected chi connectivity index (χ2v) is 4.59. The van der Waals surface area contributed by atoms with Crippen molar-refractivity contribution < 1.29 is 14.3 Å². The summed E-state index contributed by atoms with van der Waals surface area (Å²) in [5.74, 6) is -1.49. The molecule has 1 heterocycles. The Bertz CT molecular complexity index is 635. The van der Waals surface area contributed by atoms with E-state index in [9.17, 15) is 14.3 Å².